The highest BCUT2D eigenvalue weighted by Crippen LogP contribution is 2.47. The zero-order chi connectivity index (χ0) is 28.7. The molecule has 2 heterocycles. The molecule has 4 aromatic carbocycles. The Hall–Kier alpha value is -5.24. The second kappa shape index (κ2) is 10.1. The lowest BCUT2D eigenvalue weighted by atomic mass is 9.99. The van der Waals surface area contributed by atoms with Gasteiger partial charge in [0.05, 0.1) is 0 Å². The molecule has 204 valence electrons. The van der Waals surface area contributed by atoms with Gasteiger partial charge >= 0.3 is 0 Å². The van der Waals surface area contributed by atoms with E-state index in [1.807, 2.05) is 0 Å². The van der Waals surface area contributed by atoms with E-state index in [1.165, 1.54) is 24.3 Å². The summed E-state index contributed by atoms with van der Waals surface area (Å²) in [5.41, 5.74) is 1.78. The molecular weight excluding hydrogens is 520 g/mol. The number of benzene rings is 4. The van der Waals surface area contributed by atoms with Crippen molar-refractivity contribution in [2.45, 2.75) is 31.3 Å². The first-order chi connectivity index (χ1) is 19.8. The Morgan fingerprint density at radius 1 is 0.561 bits per heavy atom. The molecule has 0 radical (unpaired) electrons. The lowest BCUT2D eigenvalue weighted by molar-refractivity contribution is -0.117. The summed E-state index contributed by atoms with van der Waals surface area (Å²) in [4.78, 5) is 55.7. The molecule has 0 bridgehead atoms. The van der Waals surface area contributed by atoms with E-state index in [0.29, 0.717) is 46.5 Å². The molecule has 6 rings (SSSR count). The third-order valence-electron chi connectivity index (χ3n) is 7.80. The van der Waals surface area contributed by atoms with Crippen molar-refractivity contribution in [3.63, 3.8) is 0 Å². The fraction of sp³-hybridized carbons (Fsp3) is 0.152. The maximum Gasteiger partial charge on any atom is 0.229 e. The van der Waals surface area contributed by atoms with E-state index in [2.05, 4.69) is 0 Å². The fourth-order valence-electron chi connectivity index (χ4n) is 5.89. The van der Waals surface area contributed by atoms with Crippen LogP contribution in [0.2, 0.25) is 0 Å². The SMILES string of the molecule is O=C(c1ccc(N2C(=O)CCC23CCC(=O)N3c2ccc(C(=O)c3cccc(O)c3)cc2)cc1)c1cccc(O)c1. The van der Waals surface area contributed by atoms with Crippen LogP contribution in [0.25, 0.3) is 0 Å². The van der Waals surface area contributed by atoms with Gasteiger partial charge in [0.15, 0.2) is 11.6 Å². The number of rotatable bonds is 6. The number of carbonyl (C=O) groups excluding carboxylic acids is 4. The smallest absolute Gasteiger partial charge is 0.229 e. The summed E-state index contributed by atoms with van der Waals surface area (Å²) < 4.78 is 0. The van der Waals surface area contributed by atoms with Gasteiger partial charge in [0, 0.05) is 46.5 Å². The van der Waals surface area contributed by atoms with Crippen LogP contribution in [-0.4, -0.2) is 39.3 Å². The topological polar surface area (TPSA) is 115 Å². The molecule has 0 unspecified atom stereocenters. The number of carbonyl (C=O) groups is 4. The van der Waals surface area contributed by atoms with Crippen LogP contribution < -0.4 is 9.80 Å². The predicted molar refractivity (Wildman–Crippen MR) is 152 cm³/mol. The molecule has 2 fully saturated rings. The number of ketones is 2. The van der Waals surface area contributed by atoms with Crippen LogP contribution in [0.1, 0.15) is 57.5 Å². The molecule has 41 heavy (non-hydrogen) atoms. The van der Waals surface area contributed by atoms with Crippen molar-refractivity contribution in [1.29, 1.82) is 0 Å². The van der Waals surface area contributed by atoms with Gasteiger partial charge in [-0.15, -0.1) is 0 Å². The van der Waals surface area contributed by atoms with Crippen LogP contribution >= 0.6 is 0 Å². The first-order valence-electron chi connectivity index (χ1n) is 13.3. The first-order valence-corrected chi connectivity index (χ1v) is 13.3. The van der Waals surface area contributed by atoms with Gasteiger partial charge in [-0.2, -0.15) is 0 Å². The van der Waals surface area contributed by atoms with Gasteiger partial charge in [-0.25, -0.2) is 0 Å². The molecule has 0 aromatic heterocycles. The number of aromatic hydroxyl groups is 2. The van der Waals surface area contributed by atoms with Crippen LogP contribution in [0.3, 0.4) is 0 Å². The van der Waals surface area contributed by atoms with E-state index in [1.54, 1.807) is 82.6 Å². The summed E-state index contributed by atoms with van der Waals surface area (Å²) in [5.74, 6) is -0.750. The maximum absolute atomic E-state index is 13.3. The summed E-state index contributed by atoms with van der Waals surface area (Å²) in [5, 5.41) is 19.5. The fourth-order valence-corrected chi connectivity index (χ4v) is 5.89. The number of hydrogen-bond acceptors (Lipinski definition) is 6. The van der Waals surface area contributed by atoms with Crippen molar-refractivity contribution in [2.75, 3.05) is 9.80 Å². The standard InChI is InChI=1S/C33H26N2O6/c36-27-5-1-3-23(19-27)31(40)21-7-11-25(12-8-21)34-29(38)15-17-33(34)18-16-30(39)35(33)26-13-9-22(10-14-26)32(41)24-4-2-6-28(37)20-24/h1-14,19-20,36-37H,15-18H2. The Labute approximate surface area is 236 Å². The van der Waals surface area contributed by atoms with Crippen LogP contribution in [0.5, 0.6) is 11.5 Å². The molecule has 0 aliphatic carbocycles. The molecule has 0 atom stereocenters. The Balaban J connectivity index is 1.30. The van der Waals surface area contributed by atoms with Gasteiger partial charge < -0.3 is 10.2 Å². The van der Waals surface area contributed by atoms with E-state index in [0.717, 1.165) is 0 Å². The third-order valence-corrected chi connectivity index (χ3v) is 7.80. The molecule has 2 amide bonds. The Bertz CT molecular complexity index is 1570. The second-order valence-corrected chi connectivity index (χ2v) is 10.3. The minimum atomic E-state index is -0.901. The largest absolute Gasteiger partial charge is 0.508 e. The molecule has 2 aliphatic rings. The van der Waals surface area contributed by atoms with Crippen molar-refractivity contribution >= 4 is 34.8 Å². The molecular formula is C33H26N2O6. The van der Waals surface area contributed by atoms with Gasteiger partial charge in [-0.05, 0) is 85.6 Å². The number of hydrogen-bond donors (Lipinski definition) is 2. The number of anilines is 2. The van der Waals surface area contributed by atoms with Crippen LogP contribution in [0.15, 0.2) is 97.1 Å². The molecule has 2 N–H and O–H groups in total. The summed E-state index contributed by atoms with van der Waals surface area (Å²) in [6.45, 7) is 0. The van der Waals surface area contributed by atoms with Gasteiger partial charge in [-0.1, -0.05) is 24.3 Å². The summed E-state index contributed by atoms with van der Waals surface area (Å²) in [6.07, 6.45) is 1.43. The zero-order valence-electron chi connectivity index (χ0n) is 22.0. The molecule has 2 saturated heterocycles. The van der Waals surface area contributed by atoms with Crippen molar-refractivity contribution in [3.05, 3.63) is 119 Å². The van der Waals surface area contributed by atoms with Crippen molar-refractivity contribution < 1.29 is 29.4 Å². The van der Waals surface area contributed by atoms with Gasteiger partial charge in [-0.3, -0.25) is 29.0 Å². The molecule has 2 aliphatic heterocycles. The van der Waals surface area contributed by atoms with Gasteiger partial charge in [0.2, 0.25) is 11.8 Å². The molecule has 0 saturated carbocycles. The Morgan fingerprint density at radius 2 is 0.951 bits per heavy atom. The lowest BCUT2D eigenvalue weighted by Gasteiger charge is -2.42. The van der Waals surface area contributed by atoms with Crippen LogP contribution in [-0.2, 0) is 9.59 Å². The highest BCUT2D eigenvalue weighted by Gasteiger charge is 2.56. The van der Waals surface area contributed by atoms with E-state index < -0.39 is 5.66 Å². The van der Waals surface area contributed by atoms with Crippen molar-refractivity contribution in [3.8, 4) is 11.5 Å². The average molecular weight is 547 g/mol. The normalized spacial score (nSPS) is 16.0. The summed E-state index contributed by atoms with van der Waals surface area (Å²) in [7, 11) is 0. The minimum Gasteiger partial charge on any atom is -0.508 e. The monoisotopic (exact) mass is 546 g/mol. The zero-order valence-corrected chi connectivity index (χ0v) is 22.0. The van der Waals surface area contributed by atoms with E-state index in [-0.39, 0.29) is 47.7 Å². The molecule has 8 nitrogen and oxygen atoms in total. The van der Waals surface area contributed by atoms with E-state index >= 15 is 0 Å². The van der Waals surface area contributed by atoms with Crippen LogP contribution in [0.4, 0.5) is 11.4 Å². The highest BCUT2D eigenvalue weighted by molar-refractivity contribution is 6.11. The summed E-state index contributed by atoms with van der Waals surface area (Å²) in [6, 6.07) is 25.6. The number of amides is 2. The van der Waals surface area contributed by atoms with Gasteiger partial charge in [0.25, 0.3) is 0 Å². The van der Waals surface area contributed by atoms with E-state index in [9.17, 15) is 29.4 Å². The average Bonchev–Trinajstić information content (AvgIpc) is 3.50. The molecule has 8 heteroatoms. The highest BCUT2D eigenvalue weighted by atomic mass is 16.3. The van der Waals surface area contributed by atoms with Crippen molar-refractivity contribution in [2.24, 2.45) is 0 Å². The van der Waals surface area contributed by atoms with Gasteiger partial charge in [0.1, 0.15) is 17.2 Å². The number of phenolic OH excluding ortho intramolecular Hbond substituents is 2. The second-order valence-electron chi connectivity index (χ2n) is 10.3. The molecule has 4 aromatic rings. The number of phenols is 2. The Kier molecular flexibility index (Phi) is 6.38. The van der Waals surface area contributed by atoms with Crippen molar-refractivity contribution in [1.82, 2.24) is 0 Å². The number of nitrogens with zero attached hydrogens (tertiary/aromatic N) is 2. The predicted octanol–water partition coefficient (Wildman–Crippen LogP) is 5.21. The maximum atomic E-state index is 13.3. The lowest BCUT2D eigenvalue weighted by Crippen LogP contribution is -2.56. The van der Waals surface area contributed by atoms with Crippen LogP contribution in [0, 0.1) is 0 Å². The Morgan fingerprint density at radius 3 is 1.32 bits per heavy atom. The molecule has 1 spiro atoms. The third kappa shape index (κ3) is 4.53. The first kappa shape index (κ1) is 26.0. The minimum absolute atomic E-state index is 0.000158. The summed E-state index contributed by atoms with van der Waals surface area (Å²) >= 11 is 0. The van der Waals surface area contributed by atoms with E-state index in [4.69, 9.17) is 0 Å². The quantitative estimate of drug-likeness (QED) is 0.321.